The van der Waals surface area contributed by atoms with Crippen LogP contribution in [-0.2, 0) is 14.3 Å². The van der Waals surface area contributed by atoms with Gasteiger partial charge in [0.15, 0.2) is 0 Å². The van der Waals surface area contributed by atoms with E-state index in [9.17, 15) is 4.79 Å². The maximum Gasteiger partial charge on any atom is 0.305 e. The molecule has 0 fully saturated rings. The van der Waals surface area contributed by atoms with Crippen LogP contribution in [0.4, 0.5) is 0 Å². The highest BCUT2D eigenvalue weighted by molar-refractivity contribution is 5.69. The molecule has 0 aliphatic heterocycles. The molecule has 4 heteroatoms. The number of methoxy groups -OCH3 is 1. The zero-order valence-electron chi connectivity index (χ0n) is 8.83. The van der Waals surface area contributed by atoms with E-state index in [1.54, 1.807) is 7.11 Å². The zero-order valence-corrected chi connectivity index (χ0v) is 8.83. The average molecular weight is 236 g/mol. The molecule has 0 spiro atoms. The number of aliphatic hydroxyl groups excluding tert-OH is 1. The van der Waals surface area contributed by atoms with Crippen LogP contribution in [0.5, 0.6) is 0 Å². The number of esters is 1. The monoisotopic (exact) mass is 236 g/mol. The van der Waals surface area contributed by atoms with Crippen molar-refractivity contribution in [2.24, 2.45) is 0 Å². The maximum absolute atomic E-state index is 11.0. The minimum Gasteiger partial charge on any atom is -0.466 e. The quantitative estimate of drug-likeness (QED) is 0.493. The molecule has 1 N–H and O–H groups in total. The van der Waals surface area contributed by atoms with Crippen LogP contribution >= 0.6 is 0 Å². The molecule has 0 rings (SSSR count). The third kappa shape index (κ3) is 15.8. The summed E-state index contributed by atoms with van der Waals surface area (Å²) in [5, 5.41) is 8.45. The molecule has 0 aromatic rings. The van der Waals surface area contributed by atoms with Crippen molar-refractivity contribution in [2.75, 3.05) is 26.9 Å². The molecule has 100 valence electrons. The van der Waals surface area contributed by atoms with Gasteiger partial charge in [0.1, 0.15) is 0 Å². The third-order valence-electron chi connectivity index (χ3n) is 1.79. The molecule has 16 heavy (non-hydrogen) atoms. The number of aliphatic hydroxyl groups is 1. The number of unbranched alkanes of at least 4 members (excludes halogenated alkanes) is 2. The average Bonchev–Trinajstić information content (AvgIpc) is 2.18. The second-order valence-electron chi connectivity index (χ2n) is 3.10. The van der Waals surface area contributed by atoms with Crippen LogP contribution in [0, 0.1) is 0 Å². The van der Waals surface area contributed by atoms with E-state index in [2.05, 4.69) is 0 Å². The Balaban J connectivity index is -0.000000845. The van der Waals surface area contributed by atoms with Gasteiger partial charge in [0.05, 0.1) is 6.61 Å². The predicted molar refractivity (Wildman–Crippen MR) is 66.5 cm³/mol. The van der Waals surface area contributed by atoms with Crippen LogP contribution < -0.4 is 0 Å². The first-order chi connectivity index (χ1) is 6.81. The van der Waals surface area contributed by atoms with E-state index in [-0.39, 0.29) is 27.4 Å². The first-order valence-corrected chi connectivity index (χ1v) is 5.06. The topological polar surface area (TPSA) is 55.8 Å². The summed E-state index contributed by atoms with van der Waals surface area (Å²) < 4.78 is 9.74. The molecule has 0 aliphatic carbocycles. The van der Waals surface area contributed by atoms with E-state index in [0.717, 1.165) is 25.9 Å². The van der Waals surface area contributed by atoms with Gasteiger partial charge in [-0.25, -0.2) is 0 Å². The summed E-state index contributed by atoms with van der Waals surface area (Å²) >= 11 is 0. The molecule has 0 aliphatic rings. The number of carbonyl (C=O) groups excluding carboxylic acids is 1. The van der Waals surface area contributed by atoms with Crippen molar-refractivity contribution < 1.29 is 19.4 Å². The summed E-state index contributed by atoms with van der Waals surface area (Å²) in [6.07, 6.45) is 3.81. The van der Waals surface area contributed by atoms with Crippen molar-refractivity contribution in [2.45, 2.75) is 47.0 Å². The number of rotatable bonds is 9. The fourth-order valence-electron chi connectivity index (χ4n) is 1.02. The molecular formula is C12H28O4. The van der Waals surface area contributed by atoms with Crippen molar-refractivity contribution in [1.29, 1.82) is 0 Å². The van der Waals surface area contributed by atoms with Crippen LogP contribution in [0.25, 0.3) is 0 Å². The van der Waals surface area contributed by atoms with Crippen molar-refractivity contribution in [1.82, 2.24) is 0 Å². The van der Waals surface area contributed by atoms with Crippen LogP contribution in [0.15, 0.2) is 0 Å². The molecule has 0 aromatic carbocycles. The molecule has 0 amide bonds. The highest BCUT2D eigenvalue weighted by atomic mass is 16.5. The minimum absolute atomic E-state index is 0. The second-order valence-corrected chi connectivity index (χ2v) is 3.10. The molecular weight excluding hydrogens is 208 g/mol. The highest BCUT2D eigenvalue weighted by Crippen LogP contribution is 2.01. The molecule has 0 saturated heterocycles. The lowest BCUT2D eigenvalue weighted by Gasteiger charge is -2.03. The summed E-state index contributed by atoms with van der Waals surface area (Å²) in [5.41, 5.74) is 0. The van der Waals surface area contributed by atoms with Crippen LogP contribution in [-0.4, -0.2) is 38.0 Å². The lowest BCUT2D eigenvalue weighted by molar-refractivity contribution is -0.144. The maximum atomic E-state index is 11.0. The smallest absolute Gasteiger partial charge is 0.305 e. The first-order valence-electron chi connectivity index (χ1n) is 5.06. The SMILES string of the molecule is C.C.COCCCCCC(=O)OCCCO. The molecule has 0 unspecified atom stereocenters. The van der Waals surface area contributed by atoms with Crippen molar-refractivity contribution in [3.63, 3.8) is 0 Å². The molecule has 0 saturated carbocycles. The van der Waals surface area contributed by atoms with E-state index in [0.29, 0.717) is 19.4 Å². The Morgan fingerprint density at radius 3 is 2.31 bits per heavy atom. The highest BCUT2D eigenvalue weighted by Gasteiger charge is 2.01. The fourth-order valence-corrected chi connectivity index (χ4v) is 1.02. The van der Waals surface area contributed by atoms with E-state index < -0.39 is 0 Å². The Morgan fingerprint density at radius 1 is 1.06 bits per heavy atom. The van der Waals surface area contributed by atoms with Gasteiger partial charge in [0, 0.05) is 33.2 Å². The molecule has 0 radical (unpaired) electrons. The summed E-state index contributed by atoms with van der Waals surface area (Å²) in [5.74, 6) is -0.170. The van der Waals surface area contributed by atoms with Gasteiger partial charge in [-0.1, -0.05) is 21.3 Å². The normalized spacial score (nSPS) is 8.88. The largest absolute Gasteiger partial charge is 0.466 e. The number of hydrogen-bond donors (Lipinski definition) is 1. The Hall–Kier alpha value is -0.610. The Morgan fingerprint density at radius 2 is 1.75 bits per heavy atom. The van der Waals surface area contributed by atoms with E-state index >= 15 is 0 Å². The van der Waals surface area contributed by atoms with Gasteiger partial charge in [-0.2, -0.15) is 0 Å². The number of carbonyl (C=O) groups is 1. The van der Waals surface area contributed by atoms with Gasteiger partial charge in [-0.3, -0.25) is 4.79 Å². The van der Waals surface area contributed by atoms with Crippen LogP contribution in [0.1, 0.15) is 47.0 Å². The Kier molecular flexibility index (Phi) is 21.8. The number of ether oxygens (including phenoxy) is 2. The zero-order chi connectivity index (χ0) is 10.6. The minimum atomic E-state index is -0.170. The van der Waals surface area contributed by atoms with Gasteiger partial charge in [-0.15, -0.1) is 0 Å². The van der Waals surface area contributed by atoms with E-state index in [1.165, 1.54) is 0 Å². The van der Waals surface area contributed by atoms with Crippen molar-refractivity contribution in [3.05, 3.63) is 0 Å². The third-order valence-corrected chi connectivity index (χ3v) is 1.79. The predicted octanol–water partition coefficient (Wildman–Crippen LogP) is 2.39. The fraction of sp³-hybridized carbons (Fsp3) is 0.917. The molecule has 0 heterocycles. The molecule has 4 nitrogen and oxygen atoms in total. The van der Waals surface area contributed by atoms with Gasteiger partial charge in [-0.05, 0) is 12.8 Å². The summed E-state index contributed by atoms with van der Waals surface area (Å²) in [4.78, 5) is 11.0. The molecule has 0 aromatic heterocycles. The number of hydrogen-bond acceptors (Lipinski definition) is 4. The van der Waals surface area contributed by atoms with E-state index in [4.69, 9.17) is 14.6 Å². The summed E-state index contributed by atoms with van der Waals surface area (Å²) in [6, 6.07) is 0. The second kappa shape index (κ2) is 16.8. The lowest BCUT2D eigenvalue weighted by Crippen LogP contribution is -2.06. The van der Waals surface area contributed by atoms with E-state index in [1.807, 2.05) is 0 Å². The molecule has 0 bridgehead atoms. The lowest BCUT2D eigenvalue weighted by atomic mass is 10.2. The van der Waals surface area contributed by atoms with Crippen molar-refractivity contribution in [3.8, 4) is 0 Å². The van der Waals surface area contributed by atoms with Gasteiger partial charge in [0.2, 0.25) is 0 Å². The Labute approximate surface area is 99.9 Å². The van der Waals surface area contributed by atoms with Gasteiger partial charge in [0.25, 0.3) is 0 Å². The van der Waals surface area contributed by atoms with Gasteiger partial charge >= 0.3 is 5.97 Å². The van der Waals surface area contributed by atoms with Crippen LogP contribution in [0.3, 0.4) is 0 Å². The molecule has 0 atom stereocenters. The summed E-state index contributed by atoms with van der Waals surface area (Å²) in [6.45, 7) is 1.15. The standard InChI is InChI=1S/C10H20O4.2CH4/c1-13-8-4-2-3-6-10(12)14-9-5-7-11;;/h11H,2-9H2,1H3;2*1H4. The van der Waals surface area contributed by atoms with Crippen LogP contribution in [0.2, 0.25) is 0 Å². The first kappa shape index (κ1) is 20.8. The van der Waals surface area contributed by atoms with Gasteiger partial charge < -0.3 is 14.6 Å². The van der Waals surface area contributed by atoms with Crippen molar-refractivity contribution >= 4 is 5.97 Å². The Bertz CT molecular complexity index is 137. The summed E-state index contributed by atoms with van der Waals surface area (Å²) in [7, 11) is 1.67.